The van der Waals surface area contributed by atoms with Crippen LogP contribution in [0, 0.1) is 23.7 Å². The number of unbranched alkanes of at least 4 members (excludes halogenated alkanes) is 1. The predicted molar refractivity (Wildman–Crippen MR) is 262 cm³/mol. The molecule has 3 aliphatic heterocycles. The molecule has 5 heterocycles. The summed E-state index contributed by atoms with van der Waals surface area (Å²) in [4.78, 5) is 78.4. The lowest BCUT2D eigenvalue weighted by Crippen LogP contribution is -2.55. The largest absolute Gasteiger partial charge is 0.443 e. The molecule has 2 amide bonds. The van der Waals surface area contributed by atoms with E-state index in [0.717, 1.165) is 130 Å². The Bertz CT molecular complexity index is 2530. The van der Waals surface area contributed by atoms with Crippen LogP contribution in [0.5, 0.6) is 0 Å². The average molecular weight is 932 g/mol. The first kappa shape index (κ1) is 48.0. The van der Waals surface area contributed by atoms with E-state index in [0.29, 0.717) is 57.0 Å². The Labute approximate surface area is 401 Å². The van der Waals surface area contributed by atoms with Crippen LogP contribution >= 0.6 is 0 Å². The lowest BCUT2D eigenvalue weighted by Gasteiger charge is -2.43. The molecule has 5 fully saturated rings. The van der Waals surface area contributed by atoms with E-state index < -0.39 is 11.3 Å². The molecule has 14 nitrogen and oxygen atoms in total. The molecule has 0 N–H and O–H groups in total. The number of benzene rings is 2. The molecular formula is C54H73N7O7. The highest BCUT2D eigenvalue weighted by atomic mass is 16.5. The molecule has 2 aromatic heterocycles. The molecule has 2 aromatic carbocycles. The molecule has 2 aliphatic carbocycles. The third kappa shape index (κ3) is 10.3. The first-order valence-electron chi connectivity index (χ1n) is 25.8. The number of fused-ring (bicyclic) bond motifs is 2. The van der Waals surface area contributed by atoms with Crippen LogP contribution in [-0.2, 0) is 48.5 Å². The van der Waals surface area contributed by atoms with Crippen LogP contribution in [0.4, 0.5) is 0 Å². The summed E-state index contributed by atoms with van der Waals surface area (Å²) >= 11 is 0. The van der Waals surface area contributed by atoms with Crippen molar-refractivity contribution in [3.63, 3.8) is 0 Å². The molecule has 0 unspecified atom stereocenters. The molecule has 2 saturated carbocycles. The molecule has 14 heteroatoms. The minimum atomic E-state index is -0.552. The number of likely N-dealkylation sites (tertiary alicyclic amines) is 2. The zero-order valence-corrected chi connectivity index (χ0v) is 41.0. The smallest absolute Gasteiger partial charge is 0.313 e. The van der Waals surface area contributed by atoms with Crippen molar-refractivity contribution in [2.75, 3.05) is 59.4 Å². The van der Waals surface area contributed by atoms with Gasteiger partial charge in [-0.05, 0) is 138 Å². The molecule has 4 aromatic rings. The number of esters is 2. The molecule has 0 radical (unpaired) electrons. The second-order valence-electron chi connectivity index (χ2n) is 21.1. The fraction of sp³-hybridized carbons (Fsp3) is 0.630. The van der Waals surface area contributed by atoms with E-state index >= 15 is 0 Å². The Morgan fingerprint density at radius 2 is 1.44 bits per heavy atom. The van der Waals surface area contributed by atoms with Gasteiger partial charge in [0.15, 0.2) is 13.5 Å². The van der Waals surface area contributed by atoms with Gasteiger partial charge in [0.25, 0.3) is 5.56 Å². The van der Waals surface area contributed by atoms with Crippen LogP contribution < -0.4 is 5.56 Å². The first-order valence-corrected chi connectivity index (χ1v) is 25.8. The van der Waals surface area contributed by atoms with Crippen LogP contribution in [0.3, 0.4) is 0 Å². The minimum Gasteiger partial charge on any atom is -0.443 e. The van der Waals surface area contributed by atoms with Crippen LogP contribution in [0.15, 0.2) is 53.5 Å². The summed E-state index contributed by atoms with van der Waals surface area (Å²) < 4.78 is 15.0. The zero-order chi connectivity index (χ0) is 47.6. The predicted octanol–water partition coefficient (Wildman–Crippen LogP) is 7.41. The van der Waals surface area contributed by atoms with Gasteiger partial charge in [0.05, 0.1) is 34.0 Å². The van der Waals surface area contributed by atoms with E-state index in [1.807, 2.05) is 47.1 Å². The Hall–Kier alpha value is -5.08. The highest BCUT2D eigenvalue weighted by Gasteiger charge is 2.51. The van der Waals surface area contributed by atoms with Gasteiger partial charge in [-0.1, -0.05) is 57.4 Å². The highest BCUT2D eigenvalue weighted by molar-refractivity contribution is 5.87. The van der Waals surface area contributed by atoms with Gasteiger partial charge in [-0.3, -0.25) is 33.4 Å². The SMILES string of the molecule is CCCCC1(C(=O)OCn2c(=O)c(C3CCN(C(=O)C[C@H](Cc4cc(C)c5c(cnn5COC(=O)C5(CCC)CC5)c4)C(=O)N4CCN(C5CCN(C)CC5)CC4)CC3)cc3ccccc32)CC1. The summed E-state index contributed by atoms with van der Waals surface area (Å²) in [5.74, 6) is -0.996. The number of hydrogen-bond acceptors (Lipinski definition) is 10. The number of piperidine rings is 2. The number of aromatic nitrogens is 3. The number of pyridine rings is 1. The number of piperazine rings is 1. The van der Waals surface area contributed by atoms with Gasteiger partial charge < -0.3 is 24.2 Å². The van der Waals surface area contributed by atoms with Crippen molar-refractivity contribution in [2.24, 2.45) is 16.7 Å². The third-order valence-electron chi connectivity index (χ3n) is 16.3. The van der Waals surface area contributed by atoms with Crippen LogP contribution in [-0.4, -0.2) is 123 Å². The zero-order valence-electron chi connectivity index (χ0n) is 41.0. The molecule has 68 heavy (non-hydrogen) atoms. The summed E-state index contributed by atoms with van der Waals surface area (Å²) in [5, 5.41) is 6.43. The first-order chi connectivity index (χ1) is 32.9. The molecule has 366 valence electrons. The van der Waals surface area contributed by atoms with Crippen molar-refractivity contribution in [1.29, 1.82) is 0 Å². The number of carbonyl (C=O) groups excluding carboxylic acids is 4. The second kappa shape index (κ2) is 20.5. The molecule has 0 bridgehead atoms. The second-order valence-corrected chi connectivity index (χ2v) is 21.1. The molecular weight excluding hydrogens is 859 g/mol. The van der Waals surface area contributed by atoms with Gasteiger partial charge in [0, 0.05) is 62.7 Å². The fourth-order valence-electron chi connectivity index (χ4n) is 11.7. The van der Waals surface area contributed by atoms with E-state index in [4.69, 9.17) is 9.47 Å². The van der Waals surface area contributed by atoms with Gasteiger partial charge >= 0.3 is 11.9 Å². The topological polar surface area (TPSA) is 140 Å². The van der Waals surface area contributed by atoms with Gasteiger partial charge in [-0.15, -0.1) is 0 Å². The number of rotatable bonds is 18. The lowest BCUT2D eigenvalue weighted by molar-refractivity contribution is -0.155. The van der Waals surface area contributed by atoms with E-state index in [9.17, 15) is 24.0 Å². The quantitative estimate of drug-likeness (QED) is 0.0928. The number of ether oxygens (including phenoxy) is 2. The molecule has 9 rings (SSSR count). The average Bonchev–Trinajstić information content (AvgIpc) is 4.29. The molecule has 3 saturated heterocycles. The van der Waals surface area contributed by atoms with Crippen molar-refractivity contribution in [3.05, 3.63) is 75.7 Å². The Morgan fingerprint density at radius 1 is 0.765 bits per heavy atom. The van der Waals surface area contributed by atoms with Gasteiger partial charge in [-0.25, -0.2) is 4.68 Å². The van der Waals surface area contributed by atoms with Gasteiger partial charge in [0.2, 0.25) is 11.8 Å². The molecule has 1 atom stereocenters. The van der Waals surface area contributed by atoms with Gasteiger partial charge in [-0.2, -0.15) is 5.10 Å². The minimum absolute atomic E-state index is 0.0214. The Morgan fingerprint density at radius 3 is 2.12 bits per heavy atom. The highest BCUT2D eigenvalue weighted by Crippen LogP contribution is 2.51. The monoisotopic (exact) mass is 932 g/mol. The van der Waals surface area contributed by atoms with Crippen molar-refractivity contribution < 1.29 is 28.7 Å². The summed E-state index contributed by atoms with van der Waals surface area (Å²) in [6, 6.07) is 14.4. The maximum atomic E-state index is 14.7. The van der Waals surface area contributed by atoms with Crippen LogP contribution in [0.25, 0.3) is 21.8 Å². The van der Waals surface area contributed by atoms with E-state index in [1.165, 1.54) is 0 Å². The lowest BCUT2D eigenvalue weighted by atomic mass is 9.88. The number of aryl methyl sites for hydroxylation is 1. The number of carbonyl (C=O) groups is 4. The van der Waals surface area contributed by atoms with Crippen molar-refractivity contribution >= 4 is 45.6 Å². The Balaban J connectivity index is 0.883. The van der Waals surface area contributed by atoms with Crippen molar-refractivity contribution in [1.82, 2.24) is 33.9 Å². The summed E-state index contributed by atoms with van der Waals surface area (Å²) in [6.45, 7) is 12.3. The molecule has 0 spiro atoms. The normalized spacial score (nSPS) is 20.4. The van der Waals surface area contributed by atoms with E-state index in [-0.39, 0.29) is 60.5 Å². The van der Waals surface area contributed by atoms with Crippen molar-refractivity contribution in [2.45, 2.75) is 143 Å². The third-order valence-corrected chi connectivity index (χ3v) is 16.3. The maximum Gasteiger partial charge on any atom is 0.313 e. The molecule has 5 aliphatic rings. The van der Waals surface area contributed by atoms with E-state index in [1.54, 1.807) is 15.4 Å². The summed E-state index contributed by atoms with van der Waals surface area (Å²) in [5.41, 5.74) is 3.35. The van der Waals surface area contributed by atoms with Crippen molar-refractivity contribution in [3.8, 4) is 0 Å². The van der Waals surface area contributed by atoms with Crippen LogP contribution in [0.1, 0.15) is 126 Å². The maximum absolute atomic E-state index is 14.7. The summed E-state index contributed by atoms with van der Waals surface area (Å²) in [7, 11) is 2.18. The number of nitrogens with zero attached hydrogens (tertiary/aromatic N) is 7. The number of para-hydroxylation sites is 1. The fourth-order valence-corrected chi connectivity index (χ4v) is 11.7. The summed E-state index contributed by atoms with van der Waals surface area (Å²) in [6.07, 6.45) is 13.9. The standard InChI is InChI=1S/C54H73N7O7/c1-5-7-17-54(20-21-54)52(66)67-36-60-46-11-9-8-10-41(46)33-45(50(60)64)40-12-24-58(25-13-40)47(62)34-42(49(63)59-28-26-57(27-29-59)44-14-22-56(4)23-15-44)31-39-30-38(3)48-43(32-39)35-55-61(48)37-68-51(65)53(16-6-2)18-19-53/h8-11,30,32-33,35,40,42,44H,5-7,12-29,31,34,36-37H2,1-4H3/t42-/m0/s1. The number of amides is 2. The Kier molecular flexibility index (Phi) is 14.4. The number of hydrogen-bond donors (Lipinski definition) is 0. The van der Waals surface area contributed by atoms with Gasteiger partial charge in [0.1, 0.15) is 0 Å². The van der Waals surface area contributed by atoms with Crippen LogP contribution in [0.2, 0.25) is 0 Å². The van der Waals surface area contributed by atoms with E-state index in [2.05, 4.69) is 47.9 Å².